The van der Waals surface area contributed by atoms with Crippen molar-refractivity contribution in [2.75, 3.05) is 0 Å². The zero-order chi connectivity index (χ0) is 18.1. The molecule has 2 aromatic heterocycles. The first-order valence-corrected chi connectivity index (χ1v) is 8.54. The first-order valence-electron chi connectivity index (χ1n) is 8.16. The van der Waals surface area contributed by atoms with Gasteiger partial charge in [0, 0.05) is 16.5 Å². The van der Waals surface area contributed by atoms with Crippen LogP contribution in [0.15, 0.2) is 53.3 Å². The molecule has 2 aromatic carbocycles. The van der Waals surface area contributed by atoms with Crippen LogP contribution >= 0.6 is 11.6 Å². The van der Waals surface area contributed by atoms with Crippen LogP contribution in [-0.4, -0.2) is 15.2 Å². The summed E-state index contributed by atoms with van der Waals surface area (Å²) in [6.45, 7) is 4.47. The normalized spacial score (nSPS) is 11.0. The Hall–Kier alpha value is -2.92. The van der Waals surface area contributed by atoms with Crippen LogP contribution < -0.4 is 4.74 Å². The van der Waals surface area contributed by atoms with Crippen molar-refractivity contribution in [2.45, 2.75) is 20.5 Å². The van der Waals surface area contributed by atoms with Crippen molar-refractivity contribution in [1.82, 2.24) is 15.2 Å². The van der Waals surface area contributed by atoms with E-state index < -0.39 is 0 Å². The summed E-state index contributed by atoms with van der Waals surface area (Å²) in [7, 11) is 0. The Labute approximate surface area is 155 Å². The Bertz CT molecular complexity index is 1060. The number of hydrogen-bond acceptors (Lipinski definition) is 5. The van der Waals surface area contributed by atoms with Crippen LogP contribution in [0, 0.1) is 13.8 Å². The molecule has 0 N–H and O–H groups in total. The van der Waals surface area contributed by atoms with Crippen molar-refractivity contribution in [3.8, 4) is 17.2 Å². The molecule has 0 radical (unpaired) electrons. The van der Waals surface area contributed by atoms with Gasteiger partial charge >= 0.3 is 0 Å². The number of ether oxygens (including phenoxy) is 1. The van der Waals surface area contributed by atoms with Gasteiger partial charge in [0.1, 0.15) is 17.5 Å². The Balaban J connectivity index is 1.54. The van der Waals surface area contributed by atoms with E-state index in [1.807, 2.05) is 30.3 Å². The fraction of sp³-hybridized carbons (Fsp3) is 0.150. The molecule has 2 heterocycles. The van der Waals surface area contributed by atoms with Gasteiger partial charge in [-0.1, -0.05) is 23.7 Å². The number of nitrogens with zero attached hydrogens (tertiary/aromatic N) is 3. The third-order valence-electron chi connectivity index (χ3n) is 4.39. The molecule has 0 spiro atoms. The number of rotatable bonds is 4. The second-order valence-electron chi connectivity index (χ2n) is 6.07. The van der Waals surface area contributed by atoms with Crippen LogP contribution in [0.2, 0.25) is 5.15 Å². The van der Waals surface area contributed by atoms with Crippen molar-refractivity contribution < 1.29 is 9.15 Å². The smallest absolute Gasteiger partial charge is 0.247 e. The van der Waals surface area contributed by atoms with Gasteiger partial charge in [-0.15, -0.1) is 10.2 Å². The topological polar surface area (TPSA) is 61.0 Å². The molecular weight excluding hydrogens is 350 g/mol. The summed E-state index contributed by atoms with van der Waals surface area (Å²) in [6, 6.07) is 13.6. The minimum absolute atomic E-state index is 0.342. The molecule has 0 unspecified atom stereocenters. The van der Waals surface area contributed by atoms with Crippen molar-refractivity contribution in [2.24, 2.45) is 0 Å². The maximum Gasteiger partial charge on any atom is 0.247 e. The highest BCUT2D eigenvalue weighted by Crippen LogP contribution is 2.26. The molecule has 0 saturated heterocycles. The van der Waals surface area contributed by atoms with Crippen LogP contribution in [0.5, 0.6) is 5.75 Å². The van der Waals surface area contributed by atoms with Crippen molar-refractivity contribution in [3.63, 3.8) is 0 Å². The number of fused-ring (bicyclic) bond motifs is 1. The van der Waals surface area contributed by atoms with Gasteiger partial charge < -0.3 is 9.15 Å². The molecule has 0 bridgehead atoms. The Morgan fingerprint density at radius 1 is 1.08 bits per heavy atom. The lowest BCUT2D eigenvalue weighted by Crippen LogP contribution is -1.99. The number of pyridine rings is 1. The van der Waals surface area contributed by atoms with Crippen molar-refractivity contribution in [3.05, 3.63) is 70.7 Å². The first kappa shape index (κ1) is 16.5. The molecule has 0 saturated carbocycles. The molecule has 0 aliphatic rings. The van der Waals surface area contributed by atoms with Crippen LogP contribution in [0.1, 0.15) is 16.7 Å². The lowest BCUT2D eigenvalue weighted by atomic mass is 10.0. The quantitative estimate of drug-likeness (QED) is 0.469. The summed E-state index contributed by atoms with van der Waals surface area (Å²) >= 11 is 6.37. The van der Waals surface area contributed by atoms with E-state index in [1.165, 1.54) is 12.0 Å². The van der Waals surface area contributed by atoms with Crippen molar-refractivity contribution >= 4 is 22.5 Å². The largest absolute Gasteiger partial charge is 0.489 e. The highest BCUT2D eigenvalue weighted by Gasteiger charge is 2.09. The van der Waals surface area contributed by atoms with E-state index in [4.69, 9.17) is 20.8 Å². The molecular formula is C20H16ClN3O2. The molecule has 0 amide bonds. The predicted molar refractivity (Wildman–Crippen MR) is 100 cm³/mol. The van der Waals surface area contributed by atoms with E-state index >= 15 is 0 Å². The second-order valence-corrected chi connectivity index (χ2v) is 6.43. The highest BCUT2D eigenvalue weighted by atomic mass is 35.5. The number of aromatic nitrogens is 3. The van der Waals surface area contributed by atoms with E-state index in [-0.39, 0.29) is 0 Å². The van der Waals surface area contributed by atoms with Crippen LogP contribution in [0.25, 0.3) is 22.4 Å². The van der Waals surface area contributed by atoms with Gasteiger partial charge in [0.25, 0.3) is 0 Å². The minimum atomic E-state index is 0.342. The summed E-state index contributed by atoms with van der Waals surface area (Å²) in [6.07, 6.45) is 1.30. The average molecular weight is 366 g/mol. The summed E-state index contributed by atoms with van der Waals surface area (Å²) < 4.78 is 11.0. The predicted octanol–water partition coefficient (Wildman–Crippen LogP) is 5.13. The first-order chi connectivity index (χ1) is 12.6. The van der Waals surface area contributed by atoms with Gasteiger partial charge in [0.15, 0.2) is 0 Å². The SMILES string of the molecule is Cc1ccc2cc(COc3ccc(-c4nnco4)cc3)c(Cl)nc2c1C. The van der Waals surface area contributed by atoms with Gasteiger partial charge in [0.2, 0.25) is 12.3 Å². The molecule has 0 fully saturated rings. The van der Waals surface area contributed by atoms with E-state index in [9.17, 15) is 0 Å². The summed E-state index contributed by atoms with van der Waals surface area (Å²) in [5, 5.41) is 9.08. The number of benzene rings is 2. The Morgan fingerprint density at radius 3 is 2.62 bits per heavy atom. The lowest BCUT2D eigenvalue weighted by Gasteiger charge is -2.11. The van der Waals surface area contributed by atoms with Gasteiger partial charge in [-0.05, 0) is 55.3 Å². The number of halogens is 1. The molecule has 4 rings (SSSR count). The van der Waals surface area contributed by atoms with Gasteiger partial charge in [-0.3, -0.25) is 0 Å². The van der Waals surface area contributed by atoms with E-state index in [2.05, 4.69) is 41.2 Å². The Morgan fingerprint density at radius 2 is 1.88 bits per heavy atom. The number of aryl methyl sites for hydroxylation is 2. The zero-order valence-electron chi connectivity index (χ0n) is 14.4. The third kappa shape index (κ3) is 3.13. The molecule has 5 nitrogen and oxygen atoms in total. The van der Waals surface area contributed by atoms with Crippen molar-refractivity contribution in [1.29, 1.82) is 0 Å². The summed E-state index contributed by atoms with van der Waals surface area (Å²) in [4.78, 5) is 4.55. The Kier molecular flexibility index (Phi) is 4.31. The molecule has 130 valence electrons. The fourth-order valence-electron chi connectivity index (χ4n) is 2.76. The molecule has 26 heavy (non-hydrogen) atoms. The molecule has 0 aliphatic carbocycles. The maximum absolute atomic E-state index is 6.37. The average Bonchev–Trinajstić information content (AvgIpc) is 3.19. The lowest BCUT2D eigenvalue weighted by molar-refractivity contribution is 0.306. The summed E-state index contributed by atoms with van der Waals surface area (Å²) in [5.41, 5.74) is 4.97. The number of hydrogen-bond donors (Lipinski definition) is 0. The van der Waals surface area contributed by atoms with Gasteiger partial charge in [-0.2, -0.15) is 0 Å². The fourth-order valence-corrected chi connectivity index (χ4v) is 2.95. The van der Waals surface area contributed by atoms with E-state index in [0.717, 1.165) is 33.3 Å². The van der Waals surface area contributed by atoms with Gasteiger partial charge in [0.05, 0.1) is 5.52 Å². The molecule has 4 aromatic rings. The van der Waals surface area contributed by atoms with E-state index in [1.54, 1.807) is 0 Å². The molecule has 0 atom stereocenters. The van der Waals surface area contributed by atoms with Crippen LogP contribution in [0.4, 0.5) is 0 Å². The third-order valence-corrected chi connectivity index (χ3v) is 4.72. The zero-order valence-corrected chi connectivity index (χ0v) is 15.1. The van der Waals surface area contributed by atoms with Gasteiger partial charge in [-0.25, -0.2) is 4.98 Å². The van der Waals surface area contributed by atoms with Crippen LogP contribution in [-0.2, 0) is 6.61 Å². The monoisotopic (exact) mass is 365 g/mol. The van der Waals surface area contributed by atoms with E-state index in [0.29, 0.717) is 17.7 Å². The second kappa shape index (κ2) is 6.77. The maximum atomic E-state index is 6.37. The van der Waals surface area contributed by atoms with Crippen LogP contribution in [0.3, 0.4) is 0 Å². The molecule has 6 heteroatoms. The minimum Gasteiger partial charge on any atom is -0.489 e. The standard InChI is InChI=1S/C20H16ClN3O2/c1-12-3-4-15-9-16(19(21)23-18(15)13(12)2)10-25-17-7-5-14(6-8-17)20-24-22-11-26-20/h3-9,11H,10H2,1-2H3. The molecule has 0 aliphatic heterocycles. The highest BCUT2D eigenvalue weighted by molar-refractivity contribution is 6.30. The summed E-state index contributed by atoms with van der Waals surface area (Å²) in [5.74, 6) is 1.20.